The first-order valence-electron chi connectivity index (χ1n) is 6.02. The summed E-state index contributed by atoms with van der Waals surface area (Å²) in [6.07, 6.45) is 6.61. The Morgan fingerprint density at radius 2 is 2.19 bits per heavy atom. The Labute approximate surface area is 103 Å². The summed E-state index contributed by atoms with van der Waals surface area (Å²) < 4.78 is 0. The van der Waals surface area contributed by atoms with Crippen LogP contribution in [0.4, 0.5) is 0 Å². The van der Waals surface area contributed by atoms with Gasteiger partial charge in [-0.1, -0.05) is 0 Å². The van der Waals surface area contributed by atoms with Gasteiger partial charge in [-0.2, -0.15) is 11.8 Å². The molecular weight excluding hydrogens is 220 g/mol. The zero-order valence-electron chi connectivity index (χ0n) is 10.8. The summed E-state index contributed by atoms with van der Waals surface area (Å²) in [6.45, 7) is 2.10. The Bertz CT molecular complexity index is 233. The molecular formula is C12H24N2OS. The molecule has 0 bridgehead atoms. The molecule has 3 atom stereocenters. The molecule has 1 fully saturated rings. The van der Waals surface area contributed by atoms with Gasteiger partial charge >= 0.3 is 0 Å². The zero-order chi connectivity index (χ0) is 12.1. The summed E-state index contributed by atoms with van der Waals surface area (Å²) >= 11 is 1.97. The zero-order valence-corrected chi connectivity index (χ0v) is 11.6. The van der Waals surface area contributed by atoms with Crippen LogP contribution in [0.1, 0.15) is 32.6 Å². The second-order valence-electron chi connectivity index (χ2n) is 4.93. The van der Waals surface area contributed by atoms with E-state index in [4.69, 9.17) is 0 Å². The van der Waals surface area contributed by atoms with Crippen LogP contribution in [0.5, 0.6) is 0 Å². The van der Waals surface area contributed by atoms with Crippen LogP contribution >= 0.6 is 11.8 Å². The van der Waals surface area contributed by atoms with E-state index >= 15 is 0 Å². The molecule has 1 aliphatic carbocycles. The average Bonchev–Trinajstić information content (AvgIpc) is 2.65. The van der Waals surface area contributed by atoms with Crippen molar-refractivity contribution >= 4 is 17.7 Å². The Balaban J connectivity index is 2.24. The maximum absolute atomic E-state index is 11.5. The molecule has 4 heteroatoms. The van der Waals surface area contributed by atoms with Crippen LogP contribution in [-0.4, -0.2) is 48.5 Å². The first-order valence-corrected chi connectivity index (χ1v) is 7.30. The minimum Gasteiger partial charge on any atom is -0.349 e. The number of hydrogen-bond acceptors (Lipinski definition) is 3. The molecule has 94 valence electrons. The molecule has 0 aromatic carbocycles. The van der Waals surface area contributed by atoms with E-state index in [1.54, 1.807) is 4.90 Å². The van der Waals surface area contributed by atoms with E-state index in [0.717, 1.165) is 5.25 Å². The highest BCUT2D eigenvalue weighted by atomic mass is 32.2. The Hall–Kier alpha value is -0.220. The molecule has 0 aromatic heterocycles. The fourth-order valence-corrected chi connectivity index (χ4v) is 3.01. The van der Waals surface area contributed by atoms with Gasteiger partial charge in [-0.15, -0.1) is 0 Å². The van der Waals surface area contributed by atoms with Crippen LogP contribution in [0, 0.1) is 0 Å². The summed E-state index contributed by atoms with van der Waals surface area (Å²) in [5.41, 5.74) is 0. The lowest BCUT2D eigenvalue weighted by atomic mass is 10.1. The first-order chi connectivity index (χ1) is 7.52. The van der Waals surface area contributed by atoms with Crippen molar-refractivity contribution in [3.05, 3.63) is 0 Å². The molecule has 3 nitrogen and oxygen atoms in total. The largest absolute Gasteiger partial charge is 0.349 e. The highest BCUT2D eigenvalue weighted by Gasteiger charge is 2.25. The molecule has 0 aliphatic heterocycles. The third-order valence-electron chi connectivity index (χ3n) is 3.22. The fourth-order valence-electron chi connectivity index (χ4n) is 2.21. The molecule has 0 heterocycles. The number of nitrogens with one attached hydrogen (secondary N) is 1. The molecule has 0 aromatic rings. The van der Waals surface area contributed by atoms with Gasteiger partial charge in [0, 0.05) is 37.8 Å². The summed E-state index contributed by atoms with van der Waals surface area (Å²) in [4.78, 5) is 13.2. The second-order valence-corrected chi connectivity index (χ2v) is 6.07. The van der Waals surface area contributed by atoms with Crippen molar-refractivity contribution in [2.75, 3.05) is 20.4 Å². The third kappa shape index (κ3) is 4.34. The maximum atomic E-state index is 11.5. The van der Waals surface area contributed by atoms with Crippen LogP contribution in [0.3, 0.4) is 0 Å². The SMILES string of the molecule is CSC1CCC(NC(C)CC(=O)N(C)C)C1. The minimum atomic E-state index is 0.208. The van der Waals surface area contributed by atoms with Crippen molar-refractivity contribution in [2.24, 2.45) is 0 Å². The van der Waals surface area contributed by atoms with Crippen LogP contribution in [0.15, 0.2) is 0 Å². The number of thioether (sulfide) groups is 1. The van der Waals surface area contributed by atoms with Crippen LogP contribution in [0.25, 0.3) is 0 Å². The van der Waals surface area contributed by atoms with Gasteiger partial charge in [-0.25, -0.2) is 0 Å². The van der Waals surface area contributed by atoms with E-state index in [1.807, 2.05) is 25.9 Å². The van der Waals surface area contributed by atoms with Crippen molar-refractivity contribution < 1.29 is 4.79 Å². The standard InChI is InChI=1S/C12H24N2OS/c1-9(7-12(15)14(2)3)13-10-5-6-11(8-10)16-4/h9-11,13H,5-8H2,1-4H3. The van der Waals surface area contributed by atoms with Crippen LogP contribution in [0.2, 0.25) is 0 Å². The predicted molar refractivity (Wildman–Crippen MR) is 70.9 cm³/mol. The number of rotatable bonds is 5. The summed E-state index contributed by atoms with van der Waals surface area (Å²) in [5.74, 6) is 0.208. The smallest absolute Gasteiger partial charge is 0.223 e. The van der Waals surface area contributed by atoms with E-state index in [2.05, 4.69) is 18.5 Å². The minimum absolute atomic E-state index is 0.208. The van der Waals surface area contributed by atoms with Gasteiger partial charge < -0.3 is 10.2 Å². The first kappa shape index (κ1) is 13.8. The molecule has 1 amide bonds. The second kappa shape index (κ2) is 6.50. The van der Waals surface area contributed by atoms with Gasteiger partial charge in [0.15, 0.2) is 0 Å². The number of nitrogens with zero attached hydrogens (tertiary/aromatic N) is 1. The predicted octanol–water partition coefficient (Wildman–Crippen LogP) is 1.73. The summed E-state index contributed by atoms with van der Waals surface area (Å²) in [5, 5.41) is 4.38. The highest BCUT2D eigenvalue weighted by molar-refractivity contribution is 7.99. The maximum Gasteiger partial charge on any atom is 0.223 e. The van der Waals surface area contributed by atoms with Gasteiger partial charge in [0.1, 0.15) is 0 Å². The fraction of sp³-hybridized carbons (Fsp3) is 0.917. The van der Waals surface area contributed by atoms with Gasteiger partial charge in [0.05, 0.1) is 0 Å². The van der Waals surface area contributed by atoms with E-state index in [1.165, 1.54) is 19.3 Å². The summed E-state index contributed by atoms with van der Waals surface area (Å²) in [7, 11) is 3.63. The molecule has 1 rings (SSSR count). The molecule has 0 spiro atoms. The average molecular weight is 244 g/mol. The Kier molecular flexibility index (Phi) is 5.62. The number of hydrogen-bond donors (Lipinski definition) is 1. The monoisotopic (exact) mass is 244 g/mol. The van der Waals surface area contributed by atoms with E-state index in [-0.39, 0.29) is 5.91 Å². The number of amides is 1. The molecule has 16 heavy (non-hydrogen) atoms. The summed E-state index contributed by atoms with van der Waals surface area (Å²) in [6, 6.07) is 0.905. The van der Waals surface area contributed by atoms with Gasteiger partial charge in [-0.05, 0) is 32.4 Å². The number of carbonyl (C=O) groups excluding carboxylic acids is 1. The third-order valence-corrected chi connectivity index (χ3v) is 4.31. The Morgan fingerprint density at radius 1 is 1.50 bits per heavy atom. The lowest BCUT2D eigenvalue weighted by Crippen LogP contribution is -2.38. The van der Waals surface area contributed by atoms with Crippen molar-refractivity contribution in [3.63, 3.8) is 0 Å². The van der Waals surface area contributed by atoms with Gasteiger partial charge in [0.25, 0.3) is 0 Å². The molecule has 0 radical (unpaired) electrons. The molecule has 0 saturated heterocycles. The Morgan fingerprint density at radius 3 is 2.69 bits per heavy atom. The number of carbonyl (C=O) groups is 1. The van der Waals surface area contributed by atoms with Gasteiger partial charge in [0.2, 0.25) is 5.91 Å². The molecule has 1 aliphatic rings. The lowest BCUT2D eigenvalue weighted by molar-refractivity contribution is -0.129. The van der Waals surface area contributed by atoms with E-state index in [0.29, 0.717) is 18.5 Å². The lowest BCUT2D eigenvalue weighted by Gasteiger charge is -2.20. The van der Waals surface area contributed by atoms with Gasteiger partial charge in [-0.3, -0.25) is 4.79 Å². The van der Waals surface area contributed by atoms with Crippen molar-refractivity contribution in [3.8, 4) is 0 Å². The van der Waals surface area contributed by atoms with E-state index in [9.17, 15) is 4.79 Å². The van der Waals surface area contributed by atoms with Crippen LogP contribution in [-0.2, 0) is 4.79 Å². The quantitative estimate of drug-likeness (QED) is 0.799. The normalized spacial score (nSPS) is 26.8. The highest BCUT2D eigenvalue weighted by Crippen LogP contribution is 2.28. The molecule has 3 unspecified atom stereocenters. The topological polar surface area (TPSA) is 32.3 Å². The molecule has 1 saturated carbocycles. The van der Waals surface area contributed by atoms with Crippen LogP contribution < -0.4 is 5.32 Å². The van der Waals surface area contributed by atoms with Crippen molar-refractivity contribution in [2.45, 2.75) is 49.9 Å². The van der Waals surface area contributed by atoms with Crippen molar-refractivity contribution in [1.82, 2.24) is 10.2 Å². The van der Waals surface area contributed by atoms with E-state index < -0.39 is 0 Å². The van der Waals surface area contributed by atoms with Crippen molar-refractivity contribution in [1.29, 1.82) is 0 Å². The molecule has 1 N–H and O–H groups in total.